The minimum absolute atomic E-state index is 0.318. The first kappa shape index (κ1) is 14.6. The molecular weight excluding hydrogens is 274 g/mol. The van der Waals surface area contributed by atoms with Gasteiger partial charge in [0.15, 0.2) is 0 Å². The molecule has 20 heavy (non-hydrogen) atoms. The molecule has 0 aliphatic carbocycles. The zero-order valence-electron chi connectivity index (χ0n) is 11.7. The lowest BCUT2D eigenvalue weighted by Crippen LogP contribution is -2.42. The predicted octanol–water partition coefficient (Wildman–Crippen LogP) is 2.46. The summed E-state index contributed by atoms with van der Waals surface area (Å²) >= 11 is 1.65. The highest BCUT2D eigenvalue weighted by atomic mass is 32.2. The Bertz CT molecular complexity index is 556. The molecule has 1 aliphatic heterocycles. The van der Waals surface area contributed by atoms with Crippen LogP contribution < -0.4 is 5.32 Å². The second kappa shape index (κ2) is 5.66. The summed E-state index contributed by atoms with van der Waals surface area (Å²) in [5.74, 6) is -0.318. The second-order valence-corrected chi connectivity index (χ2v) is 5.63. The van der Waals surface area contributed by atoms with E-state index in [1.165, 1.54) is 6.21 Å². The zero-order valence-corrected chi connectivity index (χ0v) is 12.5. The highest BCUT2D eigenvalue weighted by Crippen LogP contribution is 2.21. The van der Waals surface area contributed by atoms with E-state index in [2.05, 4.69) is 10.4 Å². The van der Waals surface area contributed by atoms with Gasteiger partial charge in [-0.2, -0.15) is 5.10 Å². The molecule has 2 rings (SSSR count). The fourth-order valence-electron chi connectivity index (χ4n) is 1.83. The number of hydrazone groups is 1. The number of nitrogens with one attached hydrogen (secondary N) is 1. The molecule has 1 aromatic carbocycles. The van der Waals surface area contributed by atoms with Gasteiger partial charge in [-0.25, -0.2) is 4.79 Å². The van der Waals surface area contributed by atoms with Crippen molar-refractivity contribution in [3.8, 4) is 0 Å². The van der Waals surface area contributed by atoms with Crippen LogP contribution in [0.2, 0.25) is 0 Å². The fourth-order valence-corrected chi connectivity index (χ4v) is 2.24. The van der Waals surface area contributed by atoms with E-state index in [0.29, 0.717) is 6.42 Å². The maximum atomic E-state index is 12.1. The lowest BCUT2D eigenvalue weighted by Gasteiger charge is -2.17. The van der Waals surface area contributed by atoms with Gasteiger partial charge >= 0.3 is 6.03 Å². The largest absolute Gasteiger partial charge is 0.346 e. The lowest BCUT2D eigenvalue weighted by molar-refractivity contribution is -0.130. The molecule has 6 heteroatoms. The molecule has 1 fully saturated rings. The summed E-state index contributed by atoms with van der Waals surface area (Å²) in [5.41, 5.74) is -0.00886. The van der Waals surface area contributed by atoms with Crippen LogP contribution in [0.15, 0.2) is 34.3 Å². The standard InChI is InChI=1S/C14H17N3O2S/c1-4-14(2)12(18)17(13(19)16-14)15-9-10-5-7-11(20-3)8-6-10/h5-9H,4H2,1-3H3,(H,16,19). The average molecular weight is 291 g/mol. The van der Waals surface area contributed by atoms with Gasteiger partial charge in [0.25, 0.3) is 5.91 Å². The molecule has 106 valence electrons. The highest BCUT2D eigenvalue weighted by molar-refractivity contribution is 7.98. The van der Waals surface area contributed by atoms with Crippen LogP contribution >= 0.6 is 11.8 Å². The van der Waals surface area contributed by atoms with E-state index in [1.807, 2.05) is 37.4 Å². The van der Waals surface area contributed by atoms with Crippen molar-refractivity contribution < 1.29 is 9.59 Å². The van der Waals surface area contributed by atoms with Gasteiger partial charge in [0.1, 0.15) is 5.54 Å². The number of amides is 3. The first-order chi connectivity index (χ1) is 9.50. The summed E-state index contributed by atoms with van der Waals surface area (Å²) < 4.78 is 0. The number of carbonyl (C=O) groups is 2. The Kier molecular flexibility index (Phi) is 4.13. The van der Waals surface area contributed by atoms with Crippen LogP contribution in [0.1, 0.15) is 25.8 Å². The third-order valence-corrected chi connectivity index (χ3v) is 4.13. The summed E-state index contributed by atoms with van der Waals surface area (Å²) in [5, 5.41) is 7.54. The average Bonchev–Trinajstić information content (AvgIpc) is 2.68. The Balaban J connectivity index is 2.14. The van der Waals surface area contributed by atoms with E-state index in [9.17, 15) is 9.59 Å². The third-order valence-electron chi connectivity index (χ3n) is 3.38. The number of urea groups is 1. The fraction of sp³-hybridized carbons (Fsp3) is 0.357. The number of hydrogen-bond acceptors (Lipinski definition) is 4. The Labute approximate surface area is 122 Å². The van der Waals surface area contributed by atoms with E-state index in [-0.39, 0.29) is 5.91 Å². The van der Waals surface area contributed by atoms with Crippen molar-refractivity contribution in [2.75, 3.05) is 6.26 Å². The number of benzene rings is 1. The molecule has 1 heterocycles. The van der Waals surface area contributed by atoms with Crippen molar-refractivity contribution >= 4 is 29.9 Å². The minimum Gasteiger partial charge on any atom is -0.322 e. The van der Waals surface area contributed by atoms with Gasteiger partial charge in [-0.3, -0.25) is 4.79 Å². The number of hydrogen-bond donors (Lipinski definition) is 1. The molecular formula is C14H17N3O2S. The van der Waals surface area contributed by atoms with Crippen molar-refractivity contribution in [1.29, 1.82) is 0 Å². The van der Waals surface area contributed by atoms with Crippen LogP contribution in [0, 0.1) is 0 Å². The maximum Gasteiger partial charge on any atom is 0.346 e. The molecule has 1 aromatic rings. The van der Waals surface area contributed by atoms with Crippen LogP contribution in [-0.2, 0) is 4.79 Å². The van der Waals surface area contributed by atoms with E-state index < -0.39 is 11.6 Å². The van der Waals surface area contributed by atoms with E-state index >= 15 is 0 Å². The summed E-state index contributed by atoms with van der Waals surface area (Å²) in [4.78, 5) is 25.0. The Hall–Kier alpha value is -1.82. The molecule has 5 nitrogen and oxygen atoms in total. The van der Waals surface area contributed by atoms with Gasteiger partial charge in [0, 0.05) is 4.90 Å². The second-order valence-electron chi connectivity index (χ2n) is 4.75. The van der Waals surface area contributed by atoms with Gasteiger partial charge in [-0.05, 0) is 37.3 Å². The smallest absolute Gasteiger partial charge is 0.322 e. The SMILES string of the molecule is CCC1(C)NC(=O)N(N=Cc2ccc(SC)cc2)C1=O. The molecule has 0 bridgehead atoms. The summed E-state index contributed by atoms with van der Waals surface area (Å²) in [6, 6.07) is 7.25. The van der Waals surface area contributed by atoms with Gasteiger partial charge in [0.2, 0.25) is 0 Å². The molecule has 0 radical (unpaired) electrons. The first-order valence-corrected chi connectivity index (χ1v) is 7.57. The van der Waals surface area contributed by atoms with Crippen LogP contribution in [0.5, 0.6) is 0 Å². The van der Waals surface area contributed by atoms with Crippen molar-refractivity contribution in [2.24, 2.45) is 5.10 Å². The highest BCUT2D eigenvalue weighted by Gasteiger charge is 2.46. The predicted molar refractivity (Wildman–Crippen MR) is 79.9 cm³/mol. The van der Waals surface area contributed by atoms with Gasteiger partial charge < -0.3 is 5.32 Å². The Morgan fingerprint density at radius 1 is 1.35 bits per heavy atom. The quantitative estimate of drug-likeness (QED) is 0.526. The molecule has 1 aliphatic rings. The van der Waals surface area contributed by atoms with Crippen LogP contribution in [0.25, 0.3) is 0 Å². The molecule has 1 unspecified atom stereocenters. The van der Waals surface area contributed by atoms with E-state index in [4.69, 9.17) is 0 Å². The van der Waals surface area contributed by atoms with E-state index in [1.54, 1.807) is 18.7 Å². The molecule has 0 saturated carbocycles. The summed E-state index contributed by atoms with van der Waals surface area (Å²) in [6.45, 7) is 3.56. The molecule has 0 aromatic heterocycles. The van der Waals surface area contributed by atoms with Crippen molar-refractivity contribution in [1.82, 2.24) is 10.3 Å². The van der Waals surface area contributed by atoms with Crippen LogP contribution in [0.3, 0.4) is 0 Å². The lowest BCUT2D eigenvalue weighted by atomic mass is 10.00. The number of carbonyl (C=O) groups excluding carboxylic acids is 2. The molecule has 1 atom stereocenters. The number of imide groups is 1. The number of rotatable bonds is 4. The van der Waals surface area contributed by atoms with Crippen LogP contribution in [-0.4, -0.2) is 35.0 Å². The number of thioether (sulfide) groups is 1. The van der Waals surface area contributed by atoms with Gasteiger partial charge in [-0.1, -0.05) is 19.1 Å². The molecule has 0 spiro atoms. The van der Waals surface area contributed by atoms with Crippen molar-refractivity contribution in [3.63, 3.8) is 0 Å². The molecule has 3 amide bonds. The van der Waals surface area contributed by atoms with Crippen LogP contribution in [0.4, 0.5) is 4.79 Å². The van der Waals surface area contributed by atoms with E-state index in [0.717, 1.165) is 15.5 Å². The van der Waals surface area contributed by atoms with Gasteiger partial charge in [-0.15, -0.1) is 16.8 Å². The molecule has 1 N–H and O–H groups in total. The Morgan fingerprint density at radius 2 is 2.00 bits per heavy atom. The number of nitrogens with zero attached hydrogens (tertiary/aromatic N) is 2. The monoisotopic (exact) mass is 291 g/mol. The zero-order chi connectivity index (χ0) is 14.8. The third kappa shape index (κ3) is 2.70. The normalized spacial score (nSPS) is 22.6. The minimum atomic E-state index is -0.850. The Morgan fingerprint density at radius 3 is 2.50 bits per heavy atom. The topological polar surface area (TPSA) is 61.8 Å². The summed E-state index contributed by atoms with van der Waals surface area (Å²) in [6.07, 6.45) is 4.05. The molecule has 1 saturated heterocycles. The first-order valence-electron chi connectivity index (χ1n) is 6.35. The van der Waals surface area contributed by atoms with Crippen molar-refractivity contribution in [3.05, 3.63) is 29.8 Å². The van der Waals surface area contributed by atoms with Gasteiger partial charge in [0.05, 0.1) is 6.21 Å². The summed E-state index contributed by atoms with van der Waals surface area (Å²) in [7, 11) is 0. The maximum absolute atomic E-state index is 12.1. The van der Waals surface area contributed by atoms with Crippen molar-refractivity contribution in [2.45, 2.75) is 30.7 Å².